The van der Waals surface area contributed by atoms with Crippen LogP contribution >= 0.6 is 0 Å². The third kappa shape index (κ3) is 3.95. The maximum absolute atomic E-state index is 13.3. The first-order valence-electron chi connectivity index (χ1n) is 12.1. The minimum atomic E-state index is 0.0495. The highest BCUT2D eigenvalue weighted by Gasteiger charge is 2.31. The van der Waals surface area contributed by atoms with Gasteiger partial charge in [-0.15, -0.1) is 0 Å². The summed E-state index contributed by atoms with van der Waals surface area (Å²) in [6.45, 7) is 9.88. The van der Waals surface area contributed by atoms with Crippen LogP contribution < -0.4 is 0 Å². The Hall–Kier alpha value is -3.06. The van der Waals surface area contributed by atoms with Gasteiger partial charge in [-0.1, -0.05) is 38.1 Å². The number of hydrogen-bond donors (Lipinski definition) is 0. The van der Waals surface area contributed by atoms with Crippen LogP contribution in [0.4, 0.5) is 0 Å². The molecule has 1 unspecified atom stereocenters. The summed E-state index contributed by atoms with van der Waals surface area (Å²) in [5.74, 6) is 0.568. The third-order valence-corrected chi connectivity index (χ3v) is 7.23. The molecule has 0 bridgehead atoms. The zero-order valence-electron chi connectivity index (χ0n) is 19.8. The first-order chi connectivity index (χ1) is 16.1. The molecule has 1 aliphatic carbocycles. The fourth-order valence-corrected chi connectivity index (χ4v) is 5.31. The summed E-state index contributed by atoms with van der Waals surface area (Å²) in [4.78, 5) is 27.3. The van der Waals surface area contributed by atoms with Gasteiger partial charge in [0, 0.05) is 30.9 Å². The predicted molar refractivity (Wildman–Crippen MR) is 129 cm³/mol. The van der Waals surface area contributed by atoms with Crippen LogP contribution in [0.25, 0.3) is 17.2 Å². The molecule has 1 saturated heterocycles. The van der Waals surface area contributed by atoms with Gasteiger partial charge in [0.2, 0.25) is 0 Å². The summed E-state index contributed by atoms with van der Waals surface area (Å²) in [5.41, 5.74) is 6.07. The highest BCUT2D eigenvalue weighted by Crippen LogP contribution is 2.31. The van der Waals surface area contributed by atoms with Gasteiger partial charge in [-0.3, -0.25) is 9.69 Å². The van der Waals surface area contributed by atoms with Crippen molar-refractivity contribution in [3.05, 3.63) is 59.0 Å². The number of carbonyl (C=O) groups is 1. The van der Waals surface area contributed by atoms with Gasteiger partial charge in [0.05, 0.1) is 23.1 Å². The first-order valence-corrected chi connectivity index (χ1v) is 12.1. The second kappa shape index (κ2) is 9.06. The molecular formula is C26H32N6O. The van der Waals surface area contributed by atoms with E-state index in [0.29, 0.717) is 17.6 Å². The fourth-order valence-electron chi connectivity index (χ4n) is 5.31. The average molecular weight is 445 g/mol. The summed E-state index contributed by atoms with van der Waals surface area (Å²) in [7, 11) is 0. The van der Waals surface area contributed by atoms with E-state index in [9.17, 15) is 4.79 Å². The van der Waals surface area contributed by atoms with Gasteiger partial charge in [-0.2, -0.15) is 5.10 Å². The Balaban J connectivity index is 1.43. The molecule has 2 aliphatic rings. The van der Waals surface area contributed by atoms with Crippen molar-refractivity contribution in [2.24, 2.45) is 0 Å². The van der Waals surface area contributed by atoms with E-state index < -0.39 is 0 Å². The lowest BCUT2D eigenvalue weighted by molar-refractivity contribution is 0.0777. The number of nitrogens with zero attached hydrogens (tertiary/aromatic N) is 6. The molecule has 3 aromatic rings. The number of carbonyl (C=O) groups excluding carboxylic acids is 1. The molecule has 33 heavy (non-hydrogen) atoms. The lowest BCUT2D eigenvalue weighted by atomic mass is 10.0. The molecule has 1 atom stereocenters. The Morgan fingerprint density at radius 2 is 1.91 bits per heavy atom. The maximum atomic E-state index is 13.3. The summed E-state index contributed by atoms with van der Waals surface area (Å²) in [6, 6.07) is 8.91. The zero-order chi connectivity index (χ0) is 22.9. The van der Waals surface area contributed by atoms with Crippen LogP contribution in [-0.4, -0.2) is 67.7 Å². The van der Waals surface area contributed by atoms with Crippen LogP contribution in [0, 0.1) is 6.92 Å². The summed E-state index contributed by atoms with van der Waals surface area (Å²) in [5, 5.41) is 4.53. The lowest BCUT2D eigenvalue weighted by Crippen LogP contribution is -2.38. The van der Waals surface area contributed by atoms with Gasteiger partial charge < -0.3 is 4.90 Å². The van der Waals surface area contributed by atoms with Crippen molar-refractivity contribution in [3.8, 4) is 17.2 Å². The molecule has 1 aliphatic heterocycles. The molecule has 172 valence electrons. The van der Waals surface area contributed by atoms with E-state index in [1.54, 1.807) is 10.9 Å². The molecule has 3 heterocycles. The van der Waals surface area contributed by atoms with E-state index in [1.165, 1.54) is 16.7 Å². The molecule has 1 aromatic carbocycles. The molecule has 0 spiro atoms. The van der Waals surface area contributed by atoms with Crippen LogP contribution in [0.3, 0.4) is 0 Å². The summed E-state index contributed by atoms with van der Waals surface area (Å²) < 4.78 is 1.71. The maximum Gasteiger partial charge on any atom is 0.257 e. The fraction of sp³-hybridized carbons (Fsp3) is 0.462. The third-order valence-electron chi connectivity index (χ3n) is 7.23. The Labute approximate surface area is 195 Å². The van der Waals surface area contributed by atoms with Crippen molar-refractivity contribution in [1.29, 1.82) is 0 Å². The minimum Gasteiger partial charge on any atom is -0.337 e. The van der Waals surface area contributed by atoms with E-state index >= 15 is 0 Å². The summed E-state index contributed by atoms with van der Waals surface area (Å²) in [6.07, 6.45) is 7.73. The Bertz CT molecular complexity index is 1170. The topological polar surface area (TPSA) is 67.2 Å². The van der Waals surface area contributed by atoms with E-state index in [0.717, 1.165) is 63.3 Å². The normalized spacial score (nSPS) is 17.7. The highest BCUT2D eigenvalue weighted by molar-refractivity contribution is 5.95. The van der Waals surface area contributed by atoms with Crippen molar-refractivity contribution in [1.82, 2.24) is 29.5 Å². The molecule has 0 radical (unpaired) electrons. The largest absolute Gasteiger partial charge is 0.337 e. The highest BCUT2D eigenvalue weighted by atomic mass is 16.2. The van der Waals surface area contributed by atoms with Crippen LogP contribution in [0.2, 0.25) is 0 Å². The van der Waals surface area contributed by atoms with Gasteiger partial charge in [0.25, 0.3) is 11.9 Å². The van der Waals surface area contributed by atoms with E-state index in [1.807, 2.05) is 18.0 Å². The molecule has 0 saturated carbocycles. The molecular weight excluding hydrogens is 412 g/mol. The molecule has 7 nitrogen and oxygen atoms in total. The van der Waals surface area contributed by atoms with Gasteiger partial charge in [-0.05, 0) is 56.8 Å². The van der Waals surface area contributed by atoms with Gasteiger partial charge >= 0.3 is 0 Å². The number of aryl methyl sites for hydroxylation is 2. The quantitative estimate of drug-likeness (QED) is 0.601. The smallest absolute Gasteiger partial charge is 0.257 e. The first kappa shape index (κ1) is 21.8. The Morgan fingerprint density at radius 1 is 1.12 bits per heavy atom. The van der Waals surface area contributed by atoms with E-state index in [-0.39, 0.29) is 5.91 Å². The molecule has 0 N–H and O–H groups in total. The molecule has 5 rings (SSSR count). The monoisotopic (exact) mass is 444 g/mol. The Morgan fingerprint density at radius 3 is 2.73 bits per heavy atom. The number of hydrogen-bond acceptors (Lipinski definition) is 5. The Kier molecular flexibility index (Phi) is 5.98. The van der Waals surface area contributed by atoms with Gasteiger partial charge in [-0.25, -0.2) is 14.6 Å². The summed E-state index contributed by atoms with van der Waals surface area (Å²) >= 11 is 0. The number of benzene rings is 1. The van der Waals surface area contributed by atoms with Gasteiger partial charge in [0.15, 0.2) is 0 Å². The van der Waals surface area contributed by atoms with Crippen LogP contribution in [0.15, 0.2) is 36.7 Å². The number of fused-ring (bicyclic) bond motifs is 3. The number of rotatable bonds is 5. The number of likely N-dealkylation sites (tertiary alicyclic amines) is 1. The van der Waals surface area contributed by atoms with E-state index in [4.69, 9.17) is 4.98 Å². The van der Waals surface area contributed by atoms with Crippen LogP contribution in [0.1, 0.15) is 53.9 Å². The van der Waals surface area contributed by atoms with Crippen molar-refractivity contribution in [2.45, 2.75) is 52.5 Å². The average Bonchev–Trinajstić information content (AvgIpc) is 3.43. The second-order valence-electron chi connectivity index (χ2n) is 9.02. The number of amides is 1. The van der Waals surface area contributed by atoms with Crippen molar-refractivity contribution >= 4 is 5.91 Å². The molecule has 1 amide bonds. The number of likely N-dealkylation sites (N-methyl/N-ethyl adjacent to an activating group) is 1. The van der Waals surface area contributed by atoms with E-state index in [2.05, 4.69) is 53.1 Å². The van der Waals surface area contributed by atoms with Gasteiger partial charge in [0.1, 0.15) is 0 Å². The van der Waals surface area contributed by atoms with Crippen molar-refractivity contribution < 1.29 is 4.79 Å². The second-order valence-corrected chi connectivity index (χ2v) is 9.02. The van der Waals surface area contributed by atoms with Crippen LogP contribution in [-0.2, 0) is 12.8 Å². The zero-order valence-corrected chi connectivity index (χ0v) is 19.8. The lowest BCUT2D eigenvalue weighted by Gasteiger charge is -2.26. The number of aromatic nitrogens is 4. The SMILES string of the molecule is CCN(CC)C1CCN(C(=O)c2cnn(-c3ncc4c(n3)-c3ccccc3CCC4)c2C)C1. The van der Waals surface area contributed by atoms with Crippen molar-refractivity contribution in [2.75, 3.05) is 26.2 Å². The molecule has 7 heteroatoms. The van der Waals surface area contributed by atoms with Crippen LogP contribution in [0.5, 0.6) is 0 Å². The standard InChI is InChI=1S/C26H32N6O/c1-4-30(5-2)21-13-14-31(17-21)25(33)23-16-28-32(18(23)3)26-27-15-20-11-8-10-19-9-6-7-12-22(19)24(20)29-26/h6-7,9,12,15-16,21H,4-5,8,10-11,13-14,17H2,1-3H3. The predicted octanol–water partition coefficient (Wildman–Crippen LogP) is 3.68. The molecule has 2 aromatic heterocycles. The van der Waals surface area contributed by atoms with Crippen molar-refractivity contribution in [3.63, 3.8) is 0 Å². The molecule has 1 fully saturated rings. The minimum absolute atomic E-state index is 0.0495.